The molecule has 0 aliphatic carbocycles. The molecule has 15 heteroatoms. The van der Waals surface area contributed by atoms with Crippen molar-refractivity contribution in [1.82, 2.24) is 5.32 Å². The fraction of sp³-hybridized carbons (Fsp3) is 0.237. The smallest absolute Gasteiger partial charge is 0.416 e. The van der Waals surface area contributed by atoms with E-state index in [0.29, 0.717) is 6.07 Å². The summed E-state index contributed by atoms with van der Waals surface area (Å²) in [6.45, 7) is 2.76. The van der Waals surface area contributed by atoms with E-state index in [1.165, 1.54) is 50.2 Å². The highest BCUT2D eigenvalue weighted by Crippen LogP contribution is 2.36. The van der Waals surface area contributed by atoms with E-state index in [4.69, 9.17) is 14.2 Å². The maximum absolute atomic E-state index is 15.9. The topological polar surface area (TPSA) is 137 Å². The Balaban J connectivity index is 1.65. The summed E-state index contributed by atoms with van der Waals surface area (Å²) in [5.74, 6) is -10.00. The van der Waals surface area contributed by atoms with E-state index in [2.05, 4.69) is 10.6 Å². The Kier molecular flexibility index (Phi) is 12.7. The van der Waals surface area contributed by atoms with Gasteiger partial charge in [-0.15, -0.1) is 0 Å². The summed E-state index contributed by atoms with van der Waals surface area (Å²) >= 11 is 0. The highest BCUT2D eigenvalue weighted by molar-refractivity contribution is 6.12. The van der Waals surface area contributed by atoms with Crippen molar-refractivity contribution >= 4 is 35.4 Å². The average molecular weight is 741 g/mol. The average Bonchev–Trinajstić information content (AvgIpc) is 3.13. The minimum atomic E-state index is -4.60. The highest BCUT2D eigenvalue weighted by Gasteiger charge is 2.50. The molecule has 0 heterocycles. The van der Waals surface area contributed by atoms with Gasteiger partial charge in [0.15, 0.2) is 17.0 Å². The van der Waals surface area contributed by atoms with Crippen LogP contribution >= 0.6 is 0 Å². The van der Waals surface area contributed by atoms with Crippen molar-refractivity contribution in [2.24, 2.45) is 0 Å². The van der Waals surface area contributed by atoms with Crippen LogP contribution in [-0.2, 0) is 35.4 Å². The Labute approximate surface area is 300 Å². The lowest BCUT2D eigenvalue weighted by Gasteiger charge is -2.29. The van der Waals surface area contributed by atoms with Crippen molar-refractivity contribution in [3.8, 4) is 16.9 Å². The molecule has 0 fully saturated rings. The van der Waals surface area contributed by atoms with Crippen molar-refractivity contribution in [3.05, 3.63) is 119 Å². The first-order valence-electron chi connectivity index (χ1n) is 16.1. The Morgan fingerprint density at radius 1 is 0.736 bits per heavy atom. The molecular weight excluding hydrogens is 707 g/mol. The summed E-state index contributed by atoms with van der Waals surface area (Å²) in [6.07, 6.45) is -5.95. The van der Waals surface area contributed by atoms with E-state index in [-0.39, 0.29) is 35.5 Å². The van der Waals surface area contributed by atoms with Gasteiger partial charge in [0.05, 0.1) is 24.5 Å². The predicted molar refractivity (Wildman–Crippen MR) is 181 cm³/mol. The van der Waals surface area contributed by atoms with Crippen LogP contribution in [0.1, 0.15) is 58.5 Å². The predicted octanol–water partition coefficient (Wildman–Crippen LogP) is 7.01. The molecule has 0 bridgehead atoms. The molecule has 0 radical (unpaired) electrons. The Hall–Kier alpha value is -6.12. The first-order chi connectivity index (χ1) is 25.2. The number of amides is 2. The first-order valence-corrected chi connectivity index (χ1v) is 16.1. The standard InChI is InChI=1S/C38H33F5N2O8/c1-4-51-35(49)37(36(50)52-5-2,23-11-7-6-8-12-23)20-19-29(46)53-32-27(39)21-28(30(31(32)40)34(48)44-3)45-33(47)26-14-10-9-13-25(26)22-15-17-24(18-16-22)38(41,42)43/h6-18,21H,4-5,19-20H2,1-3H3,(H,44,48)(H,45,47). The number of carbonyl (C=O) groups excluding carboxylic acids is 5. The lowest BCUT2D eigenvalue weighted by Crippen LogP contribution is -2.46. The second kappa shape index (κ2) is 16.9. The summed E-state index contributed by atoms with van der Waals surface area (Å²) in [4.78, 5) is 66.0. The van der Waals surface area contributed by atoms with Crippen LogP contribution < -0.4 is 15.4 Å². The van der Waals surface area contributed by atoms with Gasteiger partial charge in [-0.25, -0.2) is 8.78 Å². The number of alkyl halides is 3. The molecule has 0 unspecified atom stereocenters. The fourth-order valence-electron chi connectivity index (χ4n) is 5.45. The van der Waals surface area contributed by atoms with Gasteiger partial charge in [0, 0.05) is 25.1 Å². The lowest BCUT2D eigenvalue weighted by molar-refractivity contribution is -0.165. The largest absolute Gasteiger partial charge is 0.465 e. The van der Waals surface area contributed by atoms with Crippen molar-refractivity contribution in [1.29, 1.82) is 0 Å². The van der Waals surface area contributed by atoms with E-state index in [9.17, 15) is 37.1 Å². The summed E-state index contributed by atoms with van der Waals surface area (Å²) in [7, 11) is 1.12. The Morgan fingerprint density at radius 2 is 1.32 bits per heavy atom. The van der Waals surface area contributed by atoms with Crippen molar-refractivity contribution in [3.63, 3.8) is 0 Å². The van der Waals surface area contributed by atoms with Gasteiger partial charge in [0.25, 0.3) is 11.8 Å². The molecular formula is C38H33F5N2O8. The minimum Gasteiger partial charge on any atom is -0.465 e. The van der Waals surface area contributed by atoms with Crippen LogP contribution in [0.3, 0.4) is 0 Å². The first kappa shape index (κ1) is 39.7. The maximum Gasteiger partial charge on any atom is 0.416 e. The third kappa shape index (κ3) is 8.68. The molecule has 4 rings (SSSR count). The maximum atomic E-state index is 15.9. The van der Waals surface area contributed by atoms with E-state index in [1.807, 2.05) is 0 Å². The van der Waals surface area contributed by atoms with Gasteiger partial charge >= 0.3 is 24.1 Å². The van der Waals surface area contributed by atoms with Gasteiger partial charge < -0.3 is 24.8 Å². The van der Waals surface area contributed by atoms with Crippen LogP contribution in [0.25, 0.3) is 11.1 Å². The highest BCUT2D eigenvalue weighted by atomic mass is 19.4. The molecule has 0 saturated carbocycles. The molecule has 0 saturated heterocycles. The number of hydrogen-bond donors (Lipinski definition) is 2. The molecule has 2 N–H and O–H groups in total. The van der Waals surface area contributed by atoms with E-state index >= 15 is 8.78 Å². The zero-order valence-electron chi connectivity index (χ0n) is 28.6. The molecule has 0 aromatic heterocycles. The molecule has 53 heavy (non-hydrogen) atoms. The number of rotatable bonds is 13. The molecule has 0 atom stereocenters. The third-order valence-corrected chi connectivity index (χ3v) is 8.01. The fourth-order valence-corrected chi connectivity index (χ4v) is 5.45. The molecule has 0 spiro atoms. The quantitative estimate of drug-likeness (QED) is 0.0647. The molecule has 0 aliphatic rings. The van der Waals surface area contributed by atoms with Gasteiger partial charge in [0.1, 0.15) is 5.56 Å². The minimum absolute atomic E-state index is 0.114. The van der Waals surface area contributed by atoms with Gasteiger partial charge in [-0.2, -0.15) is 13.2 Å². The van der Waals surface area contributed by atoms with Gasteiger partial charge in [-0.05, 0) is 55.2 Å². The van der Waals surface area contributed by atoms with Crippen LogP contribution in [0, 0.1) is 11.6 Å². The number of nitrogens with one attached hydrogen (secondary N) is 2. The van der Waals surface area contributed by atoms with Crippen LogP contribution in [0.4, 0.5) is 27.6 Å². The van der Waals surface area contributed by atoms with Crippen LogP contribution in [0.2, 0.25) is 0 Å². The van der Waals surface area contributed by atoms with Gasteiger partial charge in [-0.3, -0.25) is 24.0 Å². The summed E-state index contributed by atoms with van der Waals surface area (Å²) in [5, 5.41) is 4.41. The Bertz CT molecular complexity index is 1980. The van der Waals surface area contributed by atoms with E-state index in [0.717, 1.165) is 31.3 Å². The second-order valence-electron chi connectivity index (χ2n) is 11.3. The number of esters is 3. The summed E-state index contributed by atoms with van der Waals surface area (Å²) < 4.78 is 86.1. The number of anilines is 1. The zero-order chi connectivity index (χ0) is 38.9. The zero-order valence-corrected chi connectivity index (χ0v) is 28.6. The number of hydrogen-bond acceptors (Lipinski definition) is 8. The number of ether oxygens (including phenoxy) is 3. The summed E-state index contributed by atoms with van der Waals surface area (Å²) in [5.41, 5.74) is -4.26. The third-order valence-electron chi connectivity index (χ3n) is 8.01. The molecule has 10 nitrogen and oxygen atoms in total. The van der Waals surface area contributed by atoms with Gasteiger partial charge in [-0.1, -0.05) is 60.7 Å². The molecule has 4 aromatic rings. The summed E-state index contributed by atoms with van der Waals surface area (Å²) in [6, 6.07) is 17.8. The second-order valence-corrected chi connectivity index (χ2v) is 11.3. The van der Waals surface area contributed by atoms with Crippen LogP contribution in [0.5, 0.6) is 5.75 Å². The molecule has 2 amide bonds. The van der Waals surface area contributed by atoms with E-state index < -0.39 is 88.4 Å². The molecule has 278 valence electrons. The Morgan fingerprint density at radius 3 is 1.89 bits per heavy atom. The van der Waals surface area contributed by atoms with E-state index in [1.54, 1.807) is 18.2 Å². The van der Waals surface area contributed by atoms with Crippen LogP contribution in [0.15, 0.2) is 84.9 Å². The molecule has 0 aliphatic heterocycles. The van der Waals surface area contributed by atoms with Crippen LogP contribution in [-0.4, -0.2) is 50.0 Å². The van der Waals surface area contributed by atoms with Gasteiger partial charge in [0.2, 0.25) is 5.75 Å². The lowest BCUT2D eigenvalue weighted by atomic mass is 9.76. The number of benzene rings is 4. The van der Waals surface area contributed by atoms with Crippen molar-refractivity contribution in [2.75, 3.05) is 25.6 Å². The monoisotopic (exact) mass is 740 g/mol. The normalized spacial score (nSPS) is 11.3. The number of halogens is 5. The SMILES string of the molecule is CCOC(=O)C(CCC(=O)Oc1c(F)cc(NC(=O)c2ccccc2-c2ccc(C(F)(F)F)cc2)c(C(=O)NC)c1F)(C(=O)OCC)c1ccccc1. The van der Waals surface area contributed by atoms with Crippen molar-refractivity contribution < 1.29 is 60.1 Å². The van der Waals surface area contributed by atoms with Crippen molar-refractivity contribution in [2.45, 2.75) is 38.3 Å². The number of carbonyl (C=O) groups is 5. The molecule has 4 aromatic carbocycles.